The fraction of sp³-hybridized carbons (Fsp3) is 0.400. The zero-order valence-electron chi connectivity index (χ0n) is 10.9. The van der Waals surface area contributed by atoms with Crippen molar-refractivity contribution >= 4 is 16.8 Å². The largest absolute Gasteiger partial charge is 0.361 e. The highest BCUT2D eigenvalue weighted by atomic mass is 16.1. The molecule has 1 aliphatic heterocycles. The molecule has 4 nitrogen and oxygen atoms in total. The number of rotatable bonds is 4. The number of hydrogen-bond donors (Lipinski definition) is 2. The molecule has 0 spiro atoms. The molecule has 3 rings (SSSR count). The second kappa shape index (κ2) is 5.45. The Morgan fingerprint density at radius 3 is 3.05 bits per heavy atom. The van der Waals surface area contributed by atoms with Gasteiger partial charge in [-0.2, -0.15) is 0 Å². The Kier molecular flexibility index (Phi) is 3.51. The highest BCUT2D eigenvalue weighted by Crippen LogP contribution is 2.13. The van der Waals surface area contributed by atoms with Gasteiger partial charge in [0.15, 0.2) is 0 Å². The Labute approximate surface area is 112 Å². The zero-order chi connectivity index (χ0) is 13.1. The third kappa shape index (κ3) is 2.79. The fourth-order valence-corrected chi connectivity index (χ4v) is 2.56. The predicted octanol–water partition coefficient (Wildman–Crippen LogP) is 1.79. The van der Waals surface area contributed by atoms with E-state index in [1.807, 2.05) is 18.2 Å². The van der Waals surface area contributed by atoms with Gasteiger partial charge in [0.25, 0.3) is 5.91 Å². The van der Waals surface area contributed by atoms with Crippen molar-refractivity contribution in [1.82, 2.24) is 15.2 Å². The fourth-order valence-electron chi connectivity index (χ4n) is 2.56. The summed E-state index contributed by atoms with van der Waals surface area (Å²) in [4.78, 5) is 17.5. The lowest BCUT2D eigenvalue weighted by atomic mass is 10.1. The number of carbonyl (C=O) groups is 1. The van der Waals surface area contributed by atoms with Gasteiger partial charge in [-0.1, -0.05) is 6.07 Å². The van der Waals surface area contributed by atoms with Crippen molar-refractivity contribution in [3.05, 3.63) is 36.0 Å². The van der Waals surface area contributed by atoms with Crippen LogP contribution in [0.15, 0.2) is 24.4 Å². The first kappa shape index (κ1) is 12.2. The van der Waals surface area contributed by atoms with Gasteiger partial charge in [-0.3, -0.25) is 4.79 Å². The van der Waals surface area contributed by atoms with E-state index in [-0.39, 0.29) is 5.91 Å². The number of carbonyl (C=O) groups excluding carboxylic acids is 1. The standard InChI is InChI=1S/C15H18N3O/c19-15(17-7-10-18-8-1-2-9-18)13-4-3-12-5-6-16-14(12)11-13/h3-4,6,11,16H,1-2,7-10H2,(H,17,19). The van der Waals surface area contributed by atoms with Gasteiger partial charge in [0.1, 0.15) is 0 Å². The number of benzene rings is 1. The Hall–Kier alpha value is -1.81. The summed E-state index contributed by atoms with van der Waals surface area (Å²) in [6, 6.07) is 8.71. The van der Waals surface area contributed by atoms with E-state index in [2.05, 4.69) is 21.3 Å². The molecule has 0 unspecified atom stereocenters. The summed E-state index contributed by atoms with van der Waals surface area (Å²) in [7, 11) is 0. The van der Waals surface area contributed by atoms with Crippen LogP contribution in [0.3, 0.4) is 0 Å². The van der Waals surface area contributed by atoms with Crippen LogP contribution in [-0.2, 0) is 0 Å². The summed E-state index contributed by atoms with van der Waals surface area (Å²) in [5.41, 5.74) is 1.65. The number of hydrogen-bond acceptors (Lipinski definition) is 2. The number of likely N-dealkylation sites (tertiary alicyclic amines) is 1. The monoisotopic (exact) mass is 256 g/mol. The van der Waals surface area contributed by atoms with E-state index in [0.29, 0.717) is 12.1 Å². The molecule has 0 aliphatic carbocycles. The summed E-state index contributed by atoms with van der Waals surface area (Å²) in [6.07, 6.45) is 4.33. The Morgan fingerprint density at radius 2 is 2.21 bits per heavy atom. The smallest absolute Gasteiger partial charge is 0.251 e. The maximum Gasteiger partial charge on any atom is 0.251 e. The quantitative estimate of drug-likeness (QED) is 0.876. The summed E-state index contributed by atoms with van der Waals surface area (Å²) in [6.45, 7) is 4.00. The van der Waals surface area contributed by atoms with Gasteiger partial charge in [-0.15, -0.1) is 0 Å². The van der Waals surface area contributed by atoms with Crippen molar-refractivity contribution in [3.8, 4) is 0 Å². The molecule has 1 amide bonds. The molecule has 1 aromatic carbocycles. The minimum atomic E-state index is -0.00398. The van der Waals surface area contributed by atoms with E-state index in [9.17, 15) is 4.79 Å². The van der Waals surface area contributed by atoms with E-state index in [0.717, 1.165) is 17.4 Å². The maximum atomic E-state index is 12.0. The predicted molar refractivity (Wildman–Crippen MR) is 75.1 cm³/mol. The molecule has 0 bridgehead atoms. The van der Waals surface area contributed by atoms with Crippen LogP contribution in [0.25, 0.3) is 10.9 Å². The van der Waals surface area contributed by atoms with Crippen LogP contribution < -0.4 is 5.32 Å². The summed E-state index contributed by atoms with van der Waals surface area (Å²) < 4.78 is 0. The molecule has 2 aromatic rings. The molecule has 1 fully saturated rings. The number of aromatic amines is 1. The van der Waals surface area contributed by atoms with Gasteiger partial charge in [-0.25, -0.2) is 0 Å². The third-order valence-electron chi connectivity index (χ3n) is 3.65. The molecule has 1 radical (unpaired) electrons. The molecule has 4 heteroatoms. The van der Waals surface area contributed by atoms with Crippen molar-refractivity contribution in [3.63, 3.8) is 0 Å². The molecule has 99 valence electrons. The molecule has 1 saturated heterocycles. The molecule has 2 heterocycles. The van der Waals surface area contributed by atoms with Gasteiger partial charge in [0, 0.05) is 41.8 Å². The minimum absolute atomic E-state index is 0.00398. The Balaban J connectivity index is 1.56. The number of nitrogens with one attached hydrogen (secondary N) is 2. The van der Waals surface area contributed by atoms with E-state index < -0.39 is 0 Å². The van der Waals surface area contributed by atoms with E-state index in [1.165, 1.54) is 25.9 Å². The van der Waals surface area contributed by atoms with Crippen LogP contribution in [0.2, 0.25) is 0 Å². The van der Waals surface area contributed by atoms with Crippen molar-refractivity contribution in [2.45, 2.75) is 12.8 Å². The average Bonchev–Trinajstić information content (AvgIpc) is 3.08. The summed E-state index contributed by atoms with van der Waals surface area (Å²) >= 11 is 0. The molecule has 19 heavy (non-hydrogen) atoms. The number of nitrogens with zero attached hydrogens (tertiary/aromatic N) is 1. The second-order valence-electron chi connectivity index (χ2n) is 5.00. The number of amides is 1. The lowest BCUT2D eigenvalue weighted by molar-refractivity contribution is 0.0950. The van der Waals surface area contributed by atoms with Gasteiger partial charge < -0.3 is 15.2 Å². The van der Waals surface area contributed by atoms with Crippen LogP contribution >= 0.6 is 0 Å². The van der Waals surface area contributed by atoms with Gasteiger partial charge in [0.05, 0.1) is 0 Å². The molecule has 0 saturated carbocycles. The first-order chi connectivity index (χ1) is 9.33. The van der Waals surface area contributed by atoms with Crippen molar-refractivity contribution in [1.29, 1.82) is 0 Å². The molecular weight excluding hydrogens is 238 g/mol. The second-order valence-corrected chi connectivity index (χ2v) is 5.00. The van der Waals surface area contributed by atoms with Crippen LogP contribution in [0.1, 0.15) is 23.2 Å². The first-order valence-corrected chi connectivity index (χ1v) is 6.82. The molecule has 1 aromatic heterocycles. The van der Waals surface area contributed by atoms with Crippen LogP contribution in [0, 0.1) is 6.07 Å². The molecule has 2 N–H and O–H groups in total. The zero-order valence-corrected chi connectivity index (χ0v) is 10.9. The summed E-state index contributed by atoms with van der Waals surface area (Å²) in [5, 5.41) is 3.99. The molecular formula is C15H18N3O. The number of H-pyrrole nitrogens is 1. The van der Waals surface area contributed by atoms with Crippen molar-refractivity contribution in [2.75, 3.05) is 26.2 Å². The maximum absolute atomic E-state index is 12.0. The van der Waals surface area contributed by atoms with E-state index in [1.54, 1.807) is 6.20 Å². The number of aromatic nitrogens is 1. The van der Waals surface area contributed by atoms with E-state index in [4.69, 9.17) is 0 Å². The Bertz CT molecular complexity index is 570. The van der Waals surface area contributed by atoms with Gasteiger partial charge >= 0.3 is 0 Å². The SMILES string of the molecule is O=C(NCCN1CCCC1)c1ccc2[c]c[nH]c2c1. The highest BCUT2D eigenvalue weighted by Gasteiger charge is 2.11. The van der Waals surface area contributed by atoms with E-state index >= 15 is 0 Å². The highest BCUT2D eigenvalue weighted by molar-refractivity contribution is 5.97. The molecule has 1 aliphatic rings. The van der Waals surface area contributed by atoms with Gasteiger partial charge in [0.2, 0.25) is 0 Å². The van der Waals surface area contributed by atoms with Gasteiger partial charge in [-0.05, 0) is 38.1 Å². The first-order valence-electron chi connectivity index (χ1n) is 6.82. The third-order valence-corrected chi connectivity index (χ3v) is 3.65. The van der Waals surface area contributed by atoms with Crippen LogP contribution in [0.5, 0.6) is 0 Å². The summed E-state index contributed by atoms with van der Waals surface area (Å²) in [5.74, 6) is -0.00398. The topological polar surface area (TPSA) is 48.1 Å². The normalized spacial score (nSPS) is 16.0. The van der Waals surface area contributed by atoms with Crippen molar-refractivity contribution < 1.29 is 4.79 Å². The van der Waals surface area contributed by atoms with Crippen LogP contribution in [0.4, 0.5) is 0 Å². The Morgan fingerprint density at radius 1 is 1.37 bits per heavy atom. The lowest BCUT2D eigenvalue weighted by Crippen LogP contribution is -2.33. The van der Waals surface area contributed by atoms with Crippen molar-refractivity contribution in [2.24, 2.45) is 0 Å². The average molecular weight is 256 g/mol. The number of fused-ring (bicyclic) bond motifs is 1. The minimum Gasteiger partial charge on any atom is -0.361 e. The van der Waals surface area contributed by atoms with Crippen LogP contribution in [-0.4, -0.2) is 42.0 Å². The lowest BCUT2D eigenvalue weighted by Gasteiger charge is -2.14. The molecule has 0 atom stereocenters.